The number of benzene rings is 1. The average Bonchev–Trinajstić information content (AvgIpc) is 2.38. The van der Waals surface area contributed by atoms with Crippen LogP contribution in [-0.4, -0.2) is 26.8 Å². The molecule has 2 unspecified atom stereocenters. The summed E-state index contributed by atoms with van der Waals surface area (Å²) in [7, 11) is -3.33. The maximum Gasteiger partial charge on any atom is 0.216 e. The second-order valence-electron chi connectivity index (χ2n) is 4.95. The van der Waals surface area contributed by atoms with Crippen LogP contribution < -0.4 is 10.0 Å². The molecule has 2 N–H and O–H groups in total. The van der Waals surface area contributed by atoms with Gasteiger partial charge in [-0.3, -0.25) is 0 Å². The average molecular weight is 363 g/mol. The smallest absolute Gasteiger partial charge is 0.216 e. The zero-order chi connectivity index (χ0) is 15.2. The van der Waals surface area contributed by atoms with Crippen LogP contribution in [-0.2, 0) is 10.0 Å². The van der Waals surface area contributed by atoms with Gasteiger partial charge in [0.05, 0.1) is 5.25 Å². The Bertz CT molecular complexity index is 520. The summed E-state index contributed by atoms with van der Waals surface area (Å²) in [4.78, 5) is 0. The van der Waals surface area contributed by atoms with Gasteiger partial charge in [0.25, 0.3) is 0 Å². The third kappa shape index (κ3) is 5.52. The lowest BCUT2D eigenvalue weighted by atomic mass is 10.1. The topological polar surface area (TPSA) is 58.2 Å². The van der Waals surface area contributed by atoms with E-state index in [0.29, 0.717) is 6.54 Å². The highest BCUT2D eigenvalue weighted by molar-refractivity contribution is 9.10. The van der Waals surface area contributed by atoms with Gasteiger partial charge >= 0.3 is 0 Å². The van der Waals surface area contributed by atoms with Gasteiger partial charge in [-0.25, -0.2) is 13.1 Å². The molecule has 0 aliphatic heterocycles. The summed E-state index contributed by atoms with van der Waals surface area (Å²) >= 11 is 3.39. The maximum atomic E-state index is 12.2. The first-order chi connectivity index (χ1) is 9.36. The Balaban J connectivity index is 2.65. The molecule has 0 fully saturated rings. The van der Waals surface area contributed by atoms with Crippen molar-refractivity contribution in [1.29, 1.82) is 0 Å². The lowest BCUT2D eigenvalue weighted by Gasteiger charge is -2.19. The van der Waals surface area contributed by atoms with Gasteiger partial charge in [0.1, 0.15) is 0 Å². The molecule has 1 aromatic rings. The van der Waals surface area contributed by atoms with E-state index < -0.39 is 15.3 Å². The van der Waals surface area contributed by atoms with E-state index in [1.54, 1.807) is 6.92 Å². The summed E-state index contributed by atoms with van der Waals surface area (Å²) in [6.07, 6.45) is 0.995. The molecule has 6 heteroatoms. The Kier molecular flexibility index (Phi) is 7.15. The number of hydrogen-bond donors (Lipinski definition) is 2. The third-order valence-corrected chi connectivity index (χ3v) is 5.48. The lowest BCUT2D eigenvalue weighted by Crippen LogP contribution is -2.40. The lowest BCUT2D eigenvalue weighted by molar-refractivity contribution is 0.544. The van der Waals surface area contributed by atoms with Crippen molar-refractivity contribution in [3.05, 3.63) is 34.3 Å². The fourth-order valence-electron chi connectivity index (χ4n) is 1.80. The van der Waals surface area contributed by atoms with E-state index in [9.17, 15) is 8.42 Å². The summed E-state index contributed by atoms with van der Waals surface area (Å²) < 4.78 is 28.1. The molecule has 1 aromatic carbocycles. The fraction of sp³-hybridized carbons (Fsp3) is 0.571. The van der Waals surface area contributed by atoms with Gasteiger partial charge in [-0.15, -0.1) is 0 Å². The third-order valence-electron chi connectivity index (χ3n) is 3.08. The fourth-order valence-corrected chi connectivity index (χ4v) is 3.41. The minimum absolute atomic E-state index is 0.244. The predicted molar refractivity (Wildman–Crippen MR) is 87.2 cm³/mol. The van der Waals surface area contributed by atoms with E-state index >= 15 is 0 Å². The molecule has 0 spiro atoms. The molecule has 4 nitrogen and oxygen atoms in total. The Morgan fingerprint density at radius 1 is 1.30 bits per heavy atom. The molecule has 0 saturated heterocycles. The Labute approximate surface area is 130 Å². The van der Waals surface area contributed by atoms with Gasteiger partial charge in [-0.2, -0.15) is 0 Å². The van der Waals surface area contributed by atoms with Crippen LogP contribution in [0.25, 0.3) is 0 Å². The van der Waals surface area contributed by atoms with Crippen molar-refractivity contribution in [3.8, 4) is 0 Å². The van der Waals surface area contributed by atoms with Crippen LogP contribution in [0.1, 0.15) is 38.8 Å². The van der Waals surface area contributed by atoms with Crippen LogP contribution in [0, 0.1) is 0 Å². The highest BCUT2D eigenvalue weighted by Gasteiger charge is 2.22. The van der Waals surface area contributed by atoms with Crippen LogP contribution in [0.15, 0.2) is 28.7 Å². The van der Waals surface area contributed by atoms with E-state index in [2.05, 4.69) is 32.9 Å². The molecule has 20 heavy (non-hydrogen) atoms. The van der Waals surface area contributed by atoms with Gasteiger partial charge in [-0.05, 0) is 44.5 Å². The SMILES string of the molecule is CCCNCC(C)S(=O)(=O)NC(C)c1cccc(Br)c1. The number of halogens is 1. The van der Waals surface area contributed by atoms with Crippen molar-refractivity contribution in [2.24, 2.45) is 0 Å². The number of sulfonamides is 1. The van der Waals surface area contributed by atoms with Gasteiger partial charge in [-0.1, -0.05) is 35.0 Å². The standard InChI is InChI=1S/C14H23BrN2O2S/c1-4-8-16-10-11(2)20(18,19)17-12(3)13-6-5-7-14(15)9-13/h5-7,9,11-12,16-17H,4,8,10H2,1-3H3. The van der Waals surface area contributed by atoms with Crippen LogP contribution in [0.5, 0.6) is 0 Å². The normalized spacial score (nSPS) is 15.0. The van der Waals surface area contributed by atoms with Crippen LogP contribution in [0.4, 0.5) is 0 Å². The number of nitrogens with one attached hydrogen (secondary N) is 2. The minimum atomic E-state index is -3.33. The molecule has 0 radical (unpaired) electrons. The Morgan fingerprint density at radius 3 is 2.60 bits per heavy atom. The van der Waals surface area contributed by atoms with Gasteiger partial charge in [0, 0.05) is 17.1 Å². The predicted octanol–water partition coefficient (Wildman–Crippen LogP) is 2.82. The molecule has 0 saturated carbocycles. The first kappa shape index (κ1) is 17.6. The first-order valence-electron chi connectivity index (χ1n) is 6.84. The molecule has 0 aliphatic rings. The highest BCUT2D eigenvalue weighted by Crippen LogP contribution is 2.19. The zero-order valence-electron chi connectivity index (χ0n) is 12.2. The van der Waals surface area contributed by atoms with Crippen molar-refractivity contribution < 1.29 is 8.42 Å². The molecule has 114 valence electrons. The molecule has 0 heterocycles. The summed E-state index contributed by atoms with van der Waals surface area (Å²) in [5.41, 5.74) is 0.941. The molecule has 2 atom stereocenters. The van der Waals surface area contributed by atoms with E-state index in [0.717, 1.165) is 23.0 Å². The van der Waals surface area contributed by atoms with Crippen molar-refractivity contribution >= 4 is 26.0 Å². The molecule has 0 bridgehead atoms. The van der Waals surface area contributed by atoms with Crippen molar-refractivity contribution in [1.82, 2.24) is 10.0 Å². The first-order valence-corrected chi connectivity index (χ1v) is 9.18. The number of hydrogen-bond acceptors (Lipinski definition) is 3. The largest absolute Gasteiger partial charge is 0.315 e. The van der Waals surface area contributed by atoms with Crippen LogP contribution in [0.2, 0.25) is 0 Å². The maximum absolute atomic E-state index is 12.2. The number of rotatable bonds is 8. The monoisotopic (exact) mass is 362 g/mol. The van der Waals surface area contributed by atoms with Gasteiger partial charge in [0.2, 0.25) is 10.0 Å². The van der Waals surface area contributed by atoms with E-state index in [1.165, 1.54) is 0 Å². The summed E-state index contributed by atoms with van der Waals surface area (Å²) in [5.74, 6) is 0. The van der Waals surface area contributed by atoms with Crippen LogP contribution in [0.3, 0.4) is 0 Å². The molecule has 0 amide bonds. The van der Waals surface area contributed by atoms with Crippen molar-refractivity contribution in [3.63, 3.8) is 0 Å². The second-order valence-corrected chi connectivity index (χ2v) is 8.00. The molecule has 0 aliphatic carbocycles. The summed E-state index contributed by atoms with van der Waals surface area (Å²) in [6, 6.07) is 7.41. The zero-order valence-corrected chi connectivity index (χ0v) is 14.6. The summed E-state index contributed by atoms with van der Waals surface area (Å²) in [6.45, 7) is 6.93. The van der Waals surface area contributed by atoms with Crippen molar-refractivity contribution in [2.45, 2.75) is 38.5 Å². The van der Waals surface area contributed by atoms with E-state index in [1.807, 2.05) is 31.2 Å². The minimum Gasteiger partial charge on any atom is -0.315 e. The second kappa shape index (κ2) is 8.12. The highest BCUT2D eigenvalue weighted by atomic mass is 79.9. The van der Waals surface area contributed by atoms with Crippen LogP contribution >= 0.6 is 15.9 Å². The van der Waals surface area contributed by atoms with E-state index in [-0.39, 0.29) is 6.04 Å². The quantitative estimate of drug-likeness (QED) is 0.699. The summed E-state index contributed by atoms with van der Waals surface area (Å²) in [5, 5.41) is 2.68. The Morgan fingerprint density at radius 2 is 2.00 bits per heavy atom. The molecular formula is C14H23BrN2O2S. The molecular weight excluding hydrogens is 340 g/mol. The molecule has 1 rings (SSSR count). The Hall–Kier alpha value is -0.430. The molecule has 0 aromatic heterocycles. The van der Waals surface area contributed by atoms with E-state index in [4.69, 9.17) is 0 Å². The van der Waals surface area contributed by atoms with Crippen molar-refractivity contribution in [2.75, 3.05) is 13.1 Å². The van der Waals surface area contributed by atoms with Gasteiger partial charge < -0.3 is 5.32 Å². The van der Waals surface area contributed by atoms with Gasteiger partial charge in [0.15, 0.2) is 0 Å².